The fourth-order valence-corrected chi connectivity index (χ4v) is 2.92. The Labute approximate surface area is 123 Å². The van der Waals surface area contributed by atoms with E-state index in [0.717, 1.165) is 12.8 Å². The summed E-state index contributed by atoms with van der Waals surface area (Å²) in [5.74, 6) is -0.228. The van der Waals surface area contributed by atoms with E-state index in [1.807, 2.05) is 0 Å². The van der Waals surface area contributed by atoms with Crippen LogP contribution in [0.3, 0.4) is 0 Å². The molecule has 0 aromatic heterocycles. The summed E-state index contributed by atoms with van der Waals surface area (Å²) in [5.41, 5.74) is 0.0740. The lowest BCUT2D eigenvalue weighted by Gasteiger charge is -2.28. The molecule has 21 heavy (non-hydrogen) atoms. The minimum absolute atomic E-state index is 0.00336. The molecule has 0 bridgehead atoms. The van der Waals surface area contributed by atoms with Gasteiger partial charge in [-0.05, 0) is 31.9 Å². The van der Waals surface area contributed by atoms with Crippen LogP contribution in [0.25, 0.3) is 0 Å². The lowest BCUT2D eigenvalue weighted by atomic mass is 10.0. The van der Waals surface area contributed by atoms with Crippen LogP contribution >= 0.6 is 0 Å². The largest absolute Gasteiger partial charge is 0.388 e. The smallest absolute Gasteiger partial charge is 0.272 e. The van der Waals surface area contributed by atoms with Crippen LogP contribution in [0, 0.1) is 17.0 Å². The molecule has 0 radical (unpaired) electrons. The highest BCUT2D eigenvalue weighted by Crippen LogP contribution is 2.30. The number of carbonyl (C=O) groups is 1. The van der Waals surface area contributed by atoms with E-state index in [4.69, 9.17) is 0 Å². The third kappa shape index (κ3) is 3.39. The molecule has 0 saturated heterocycles. The molecule has 1 aromatic rings. The van der Waals surface area contributed by atoms with Crippen molar-refractivity contribution in [3.05, 3.63) is 39.4 Å². The number of nitrogens with zero attached hydrogens (tertiary/aromatic N) is 2. The van der Waals surface area contributed by atoms with E-state index in [0.29, 0.717) is 30.5 Å². The summed E-state index contributed by atoms with van der Waals surface area (Å²) in [7, 11) is 1.65. The van der Waals surface area contributed by atoms with Crippen molar-refractivity contribution < 1.29 is 14.8 Å². The van der Waals surface area contributed by atoms with Crippen molar-refractivity contribution in [1.29, 1.82) is 0 Å². The third-order valence-corrected chi connectivity index (χ3v) is 4.05. The normalized spacial score (nSPS) is 16.7. The summed E-state index contributed by atoms with van der Waals surface area (Å²) >= 11 is 0. The van der Waals surface area contributed by atoms with E-state index >= 15 is 0 Å². The number of benzene rings is 1. The Morgan fingerprint density at radius 2 is 2.05 bits per heavy atom. The second kappa shape index (κ2) is 5.81. The number of likely N-dealkylation sites (N-methyl/N-ethyl adjacent to an activating group) is 1. The predicted octanol–water partition coefficient (Wildman–Crippen LogP) is 2.28. The van der Waals surface area contributed by atoms with E-state index in [1.54, 1.807) is 14.0 Å². The second-order valence-corrected chi connectivity index (χ2v) is 5.85. The molecule has 0 aliphatic heterocycles. The van der Waals surface area contributed by atoms with E-state index in [9.17, 15) is 20.0 Å². The van der Waals surface area contributed by atoms with Crippen LogP contribution in [0.2, 0.25) is 0 Å². The molecular weight excluding hydrogens is 272 g/mol. The molecule has 6 heteroatoms. The SMILES string of the molecule is Cc1cc(C(=O)N(C)CC2(O)CCCC2)ccc1[N+](=O)[O-]. The minimum atomic E-state index is -0.791. The number of nitro groups is 1. The molecule has 1 amide bonds. The van der Waals surface area contributed by atoms with Gasteiger partial charge in [0.15, 0.2) is 0 Å². The van der Waals surface area contributed by atoms with Crippen molar-refractivity contribution in [3.8, 4) is 0 Å². The molecule has 0 unspecified atom stereocenters. The van der Waals surface area contributed by atoms with E-state index in [1.165, 1.54) is 23.1 Å². The zero-order valence-electron chi connectivity index (χ0n) is 12.3. The first-order valence-electron chi connectivity index (χ1n) is 7.05. The van der Waals surface area contributed by atoms with Crippen LogP contribution in [0.15, 0.2) is 18.2 Å². The molecule has 1 aliphatic rings. The van der Waals surface area contributed by atoms with Gasteiger partial charge in [-0.2, -0.15) is 0 Å². The Morgan fingerprint density at radius 1 is 1.43 bits per heavy atom. The number of aryl methyl sites for hydroxylation is 1. The Morgan fingerprint density at radius 3 is 2.57 bits per heavy atom. The zero-order chi connectivity index (χ0) is 15.6. The Hall–Kier alpha value is -1.95. The van der Waals surface area contributed by atoms with E-state index in [-0.39, 0.29) is 11.6 Å². The first-order chi connectivity index (χ1) is 9.82. The highest BCUT2D eigenvalue weighted by atomic mass is 16.6. The molecule has 1 saturated carbocycles. The fraction of sp³-hybridized carbons (Fsp3) is 0.533. The zero-order valence-corrected chi connectivity index (χ0v) is 12.3. The molecule has 1 aromatic carbocycles. The van der Waals surface area contributed by atoms with E-state index < -0.39 is 10.5 Å². The summed E-state index contributed by atoms with van der Waals surface area (Å²) < 4.78 is 0. The van der Waals surface area contributed by atoms with Crippen molar-refractivity contribution in [1.82, 2.24) is 4.90 Å². The molecule has 1 N–H and O–H groups in total. The first-order valence-corrected chi connectivity index (χ1v) is 7.05. The van der Waals surface area contributed by atoms with Crippen molar-refractivity contribution in [2.75, 3.05) is 13.6 Å². The topological polar surface area (TPSA) is 83.7 Å². The number of rotatable bonds is 4. The van der Waals surface area contributed by atoms with E-state index in [2.05, 4.69) is 0 Å². The summed E-state index contributed by atoms with van der Waals surface area (Å²) in [6, 6.07) is 4.33. The molecule has 2 rings (SSSR count). The average molecular weight is 292 g/mol. The minimum Gasteiger partial charge on any atom is -0.388 e. The molecule has 6 nitrogen and oxygen atoms in total. The van der Waals surface area contributed by atoms with Crippen molar-refractivity contribution in [2.24, 2.45) is 0 Å². The summed E-state index contributed by atoms with van der Waals surface area (Å²) in [5, 5.41) is 21.1. The van der Waals surface area contributed by atoms with Crippen LogP contribution in [-0.4, -0.2) is 40.0 Å². The van der Waals surface area contributed by atoms with Gasteiger partial charge < -0.3 is 10.0 Å². The number of nitro benzene ring substituents is 1. The van der Waals surface area contributed by atoms with Crippen LogP contribution < -0.4 is 0 Å². The molecule has 1 aliphatic carbocycles. The molecule has 1 fully saturated rings. The maximum absolute atomic E-state index is 12.4. The lowest BCUT2D eigenvalue weighted by molar-refractivity contribution is -0.385. The van der Waals surface area contributed by atoms with Crippen LogP contribution in [0.1, 0.15) is 41.6 Å². The second-order valence-electron chi connectivity index (χ2n) is 5.85. The third-order valence-electron chi connectivity index (χ3n) is 4.05. The molecular formula is C15H20N2O4. The Balaban J connectivity index is 2.12. The quantitative estimate of drug-likeness (QED) is 0.681. The maximum Gasteiger partial charge on any atom is 0.272 e. The van der Waals surface area contributed by atoms with Gasteiger partial charge in [0.25, 0.3) is 11.6 Å². The van der Waals surface area contributed by atoms with Crippen LogP contribution in [-0.2, 0) is 0 Å². The monoisotopic (exact) mass is 292 g/mol. The number of hydrogen-bond donors (Lipinski definition) is 1. The standard InChI is InChI=1S/C15H20N2O4/c1-11-9-12(5-6-13(11)17(20)21)14(18)16(2)10-15(19)7-3-4-8-15/h5-6,9,19H,3-4,7-8,10H2,1-2H3. The van der Waals surface area contributed by atoms with Gasteiger partial charge >= 0.3 is 0 Å². The summed E-state index contributed by atoms with van der Waals surface area (Å²) in [6.45, 7) is 1.90. The van der Waals surface area contributed by atoms with Gasteiger partial charge in [-0.1, -0.05) is 12.8 Å². The summed E-state index contributed by atoms with van der Waals surface area (Å²) in [6.07, 6.45) is 3.39. The lowest BCUT2D eigenvalue weighted by Crippen LogP contribution is -2.42. The number of carbonyl (C=O) groups excluding carboxylic acids is 1. The maximum atomic E-state index is 12.4. The van der Waals surface area contributed by atoms with Crippen molar-refractivity contribution in [2.45, 2.75) is 38.2 Å². The highest BCUT2D eigenvalue weighted by Gasteiger charge is 2.33. The average Bonchev–Trinajstić information content (AvgIpc) is 2.83. The Kier molecular flexibility index (Phi) is 4.27. The molecule has 114 valence electrons. The summed E-state index contributed by atoms with van der Waals surface area (Å²) in [4.78, 5) is 24.2. The predicted molar refractivity (Wildman–Crippen MR) is 78.2 cm³/mol. The van der Waals surface area contributed by atoms with Crippen molar-refractivity contribution in [3.63, 3.8) is 0 Å². The van der Waals surface area contributed by atoms with Gasteiger partial charge in [0.1, 0.15) is 0 Å². The van der Waals surface area contributed by atoms with Gasteiger partial charge in [0, 0.05) is 30.8 Å². The molecule has 0 atom stereocenters. The van der Waals surface area contributed by atoms with Gasteiger partial charge in [-0.25, -0.2) is 0 Å². The molecule has 0 spiro atoms. The van der Waals surface area contributed by atoms with Gasteiger partial charge in [-0.15, -0.1) is 0 Å². The number of hydrogen-bond acceptors (Lipinski definition) is 4. The first kappa shape index (κ1) is 15.4. The number of amides is 1. The number of aliphatic hydroxyl groups is 1. The van der Waals surface area contributed by atoms with Gasteiger partial charge in [0.05, 0.1) is 10.5 Å². The van der Waals surface area contributed by atoms with Gasteiger partial charge in [-0.3, -0.25) is 14.9 Å². The van der Waals surface area contributed by atoms with Crippen LogP contribution in [0.5, 0.6) is 0 Å². The highest BCUT2D eigenvalue weighted by molar-refractivity contribution is 5.94. The van der Waals surface area contributed by atoms with Crippen LogP contribution in [0.4, 0.5) is 5.69 Å². The van der Waals surface area contributed by atoms with Gasteiger partial charge in [0.2, 0.25) is 0 Å². The molecule has 0 heterocycles. The van der Waals surface area contributed by atoms with Crippen molar-refractivity contribution >= 4 is 11.6 Å². The fourth-order valence-electron chi connectivity index (χ4n) is 2.92. The Bertz CT molecular complexity index is 565.